The Morgan fingerprint density at radius 3 is 2.55 bits per heavy atom. The maximum atomic E-state index is 13.0. The van der Waals surface area contributed by atoms with Gasteiger partial charge in [0.1, 0.15) is 0 Å². The monoisotopic (exact) mass is 461 g/mol. The third kappa shape index (κ3) is 5.25. The van der Waals surface area contributed by atoms with E-state index in [9.17, 15) is 14.7 Å². The van der Waals surface area contributed by atoms with E-state index < -0.39 is 5.97 Å². The lowest BCUT2D eigenvalue weighted by Gasteiger charge is -2.16. The number of carbonyl (C=O) groups is 2. The molecule has 0 unspecified atom stereocenters. The SMILES string of the molecule is CCNCc1ccc(NC(=C2C(=O)Nc3cc(Cl)ccc32)c2cccc(CC(=O)O)c2)cc1. The Hall–Kier alpha value is -3.61. The van der Waals surface area contributed by atoms with Crippen molar-refractivity contribution < 1.29 is 14.7 Å². The molecule has 0 saturated heterocycles. The van der Waals surface area contributed by atoms with Crippen LogP contribution in [0.25, 0.3) is 11.3 Å². The van der Waals surface area contributed by atoms with Crippen LogP contribution in [0.1, 0.15) is 29.2 Å². The zero-order valence-electron chi connectivity index (χ0n) is 18.1. The topological polar surface area (TPSA) is 90.5 Å². The highest BCUT2D eigenvalue weighted by Crippen LogP contribution is 2.39. The number of aliphatic carboxylic acids is 1. The fourth-order valence-electron chi connectivity index (χ4n) is 3.80. The third-order valence-electron chi connectivity index (χ3n) is 5.35. The highest BCUT2D eigenvalue weighted by Gasteiger charge is 2.28. The van der Waals surface area contributed by atoms with Gasteiger partial charge >= 0.3 is 5.97 Å². The van der Waals surface area contributed by atoms with E-state index in [1.807, 2.05) is 36.4 Å². The Bertz CT molecular complexity index is 1240. The molecule has 33 heavy (non-hydrogen) atoms. The number of carboxylic acids is 1. The summed E-state index contributed by atoms with van der Waals surface area (Å²) in [6, 6.07) is 20.5. The normalized spacial score (nSPS) is 13.9. The molecule has 0 atom stereocenters. The molecule has 7 heteroatoms. The summed E-state index contributed by atoms with van der Waals surface area (Å²) in [6.07, 6.45) is -0.103. The molecule has 4 rings (SSSR count). The van der Waals surface area contributed by atoms with Crippen LogP contribution < -0.4 is 16.0 Å². The first kappa shape index (κ1) is 22.6. The predicted molar refractivity (Wildman–Crippen MR) is 132 cm³/mol. The number of carbonyl (C=O) groups excluding carboxylic acids is 1. The van der Waals surface area contributed by atoms with Gasteiger partial charge in [-0.25, -0.2) is 0 Å². The largest absolute Gasteiger partial charge is 0.481 e. The van der Waals surface area contributed by atoms with E-state index in [1.165, 1.54) is 0 Å². The van der Waals surface area contributed by atoms with Gasteiger partial charge in [0.05, 0.1) is 23.4 Å². The number of carboxylic acid groups (broad SMARTS) is 1. The van der Waals surface area contributed by atoms with Crippen LogP contribution in [0.3, 0.4) is 0 Å². The molecule has 0 aromatic heterocycles. The summed E-state index contributed by atoms with van der Waals surface area (Å²) in [5, 5.41) is 19.3. The van der Waals surface area contributed by atoms with Crippen LogP contribution in [0.15, 0.2) is 66.7 Å². The number of hydrogen-bond acceptors (Lipinski definition) is 4. The molecular weight excluding hydrogens is 438 g/mol. The minimum Gasteiger partial charge on any atom is -0.481 e. The average molecular weight is 462 g/mol. The highest BCUT2D eigenvalue weighted by atomic mass is 35.5. The van der Waals surface area contributed by atoms with Crippen molar-refractivity contribution in [3.63, 3.8) is 0 Å². The second-order valence-corrected chi connectivity index (χ2v) is 8.20. The summed E-state index contributed by atoms with van der Waals surface area (Å²) >= 11 is 6.12. The standard InChI is InChI=1S/C26H24ClN3O3/c1-2-28-15-16-6-9-20(10-7-16)29-25(18-5-3-4-17(12-18)13-23(31)32)24-21-11-8-19(27)14-22(21)30-26(24)33/h3-12,14,28-29H,2,13,15H2,1H3,(H,30,33)(H,31,32). The minimum atomic E-state index is -0.913. The number of fused-ring (bicyclic) bond motifs is 1. The van der Waals surface area contributed by atoms with Crippen molar-refractivity contribution in [2.45, 2.75) is 19.9 Å². The van der Waals surface area contributed by atoms with Crippen LogP contribution >= 0.6 is 11.6 Å². The highest BCUT2D eigenvalue weighted by molar-refractivity contribution is 6.38. The zero-order chi connectivity index (χ0) is 23.4. The predicted octanol–water partition coefficient (Wildman–Crippen LogP) is 5.01. The van der Waals surface area contributed by atoms with E-state index in [0.717, 1.165) is 35.5 Å². The molecule has 0 bridgehead atoms. The van der Waals surface area contributed by atoms with Gasteiger partial charge in [-0.05, 0) is 53.6 Å². The van der Waals surface area contributed by atoms with Gasteiger partial charge in [-0.2, -0.15) is 0 Å². The van der Waals surface area contributed by atoms with E-state index in [2.05, 4.69) is 22.9 Å². The van der Waals surface area contributed by atoms with Crippen molar-refractivity contribution in [3.8, 4) is 0 Å². The average Bonchev–Trinajstić information content (AvgIpc) is 3.11. The van der Waals surface area contributed by atoms with Gasteiger partial charge in [0.25, 0.3) is 5.91 Å². The quantitative estimate of drug-likeness (QED) is 0.354. The molecule has 0 aliphatic carbocycles. The van der Waals surface area contributed by atoms with Crippen LogP contribution in [0, 0.1) is 0 Å². The van der Waals surface area contributed by atoms with E-state index in [1.54, 1.807) is 30.3 Å². The molecule has 168 valence electrons. The summed E-state index contributed by atoms with van der Waals surface area (Å²) in [5.41, 5.74) is 5.79. The maximum absolute atomic E-state index is 13.0. The van der Waals surface area contributed by atoms with Gasteiger partial charge < -0.3 is 21.1 Å². The van der Waals surface area contributed by atoms with Crippen molar-refractivity contribution >= 4 is 46.1 Å². The Balaban J connectivity index is 1.80. The molecule has 4 N–H and O–H groups in total. The number of nitrogens with one attached hydrogen (secondary N) is 3. The zero-order valence-corrected chi connectivity index (χ0v) is 18.9. The third-order valence-corrected chi connectivity index (χ3v) is 5.58. The molecule has 0 spiro atoms. The second kappa shape index (κ2) is 9.90. The molecule has 0 saturated carbocycles. The van der Waals surface area contributed by atoms with Gasteiger partial charge in [-0.1, -0.05) is 54.9 Å². The van der Waals surface area contributed by atoms with Crippen molar-refractivity contribution in [2.24, 2.45) is 0 Å². The van der Waals surface area contributed by atoms with Crippen LogP contribution in [0.2, 0.25) is 5.02 Å². The van der Waals surface area contributed by atoms with Crippen molar-refractivity contribution in [1.82, 2.24) is 5.32 Å². The Kier molecular flexibility index (Phi) is 6.77. The van der Waals surface area contributed by atoms with Gasteiger partial charge in [-0.3, -0.25) is 9.59 Å². The first-order valence-electron chi connectivity index (χ1n) is 10.7. The Morgan fingerprint density at radius 2 is 1.82 bits per heavy atom. The lowest BCUT2D eigenvalue weighted by molar-refractivity contribution is -0.136. The fraction of sp³-hybridized carbons (Fsp3) is 0.154. The summed E-state index contributed by atoms with van der Waals surface area (Å²) in [5.74, 6) is -1.16. The van der Waals surface area contributed by atoms with Crippen LogP contribution in [0.5, 0.6) is 0 Å². The van der Waals surface area contributed by atoms with Gasteiger partial charge in [0.2, 0.25) is 0 Å². The minimum absolute atomic E-state index is 0.103. The van der Waals surface area contributed by atoms with E-state index in [-0.39, 0.29) is 12.3 Å². The van der Waals surface area contributed by atoms with E-state index in [0.29, 0.717) is 27.5 Å². The Labute approximate surface area is 197 Å². The van der Waals surface area contributed by atoms with Gasteiger partial charge in [0.15, 0.2) is 0 Å². The van der Waals surface area contributed by atoms with Crippen molar-refractivity contribution in [2.75, 3.05) is 17.2 Å². The molecule has 1 heterocycles. The van der Waals surface area contributed by atoms with Crippen LogP contribution in [0.4, 0.5) is 11.4 Å². The fourth-order valence-corrected chi connectivity index (χ4v) is 3.98. The van der Waals surface area contributed by atoms with Crippen molar-refractivity contribution in [1.29, 1.82) is 0 Å². The van der Waals surface area contributed by atoms with Gasteiger partial charge in [-0.15, -0.1) is 0 Å². The summed E-state index contributed by atoms with van der Waals surface area (Å²) in [6.45, 7) is 3.73. The molecule has 3 aromatic carbocycles. The number of rotatable bonds is 8. The molecule has 1 aliphatic heterocycles. The van der Waals surface area contributed by atoms with Crippen LogP contribution in [-0.2, 0) is 22.6 Å². The Morgan fingerprint density at radius 1 is 1.03 bits per heavy atom. The lowest BCUT2D eigenvalue weighted by atomic mass is 9.98. The van der Waals surface area contributed by atoms with Gasteiger partial charge in [0, 0.05) is 22.8 Å². The van der Waals surface area contributed by atoms with E-state index in [4.69, 9.17) is 11.6 Å². The summed E-state index contributed by atoms with van der Waals surface area (Å²) in [4.78, 5) is 24.3. The number of halogens is 1. The summed E-state index contributed by atoms with van der Waals surface area (Å²) in [7, 11) is 0. The molecule has 1 aliphatic rings. The number of hydrogen-bond donors (Lipinski definition) is 4. The molecular formula is C26H24ClN3O3. The smallest absolute Gasteiger partial charge is 0.307 e. The maximum Gasteiger partial charge on any atom is 0.307 e. The molecule has 3 aromatic rings. The number of amides is 1. The second-order valence-electron chi connectivity index (χ2n) is 7.77. The molecule has 1 amide bonds. The molecule has 0 fully saturated rings. The number of benzene rings is 3. The first-order valence-corrected chi connectivity index (χ1v) is 11.1. The van der Waals surface area contributed by atoms with E-state index >= 15 is 0 Å². The molecule has 0 radical (unpaired) electrons. The first-order chi connectivity index (χ1) is 15.9. The lowest BCUT2D eigenvalue weighted by Crippen LogP contribution is -2.12. The van der Waals surface area contributed by atoms with Crippen LogP contribution in [-0.4, -0.2) is 23.5 Å². The number of anilines is 2. The molecule has 6 nitrogen and oxygen atoms in total. The summed E-state index contributed by atoms with van der Waals surface area (Å²) < 4.78 is 0. The van der Waals surface area contributed by atoms with Crippen molar-refractivity contribution in [3.05, 3.63) is 94.0 Å².